The Morgan fingerprint density at radius 2 is 1.67 bits per heavy atom. The Labute approximate surface area is 162 Å². The third-order valence-electron chi connectivity index (χ3n) is 5.09. The third kappa shape index (κ3) is 3.55. The summed E-state index contributed by atoms with van der Waals surface area (Å²) >= 11 is 1.40. The van der Waals surface area contributed by atoms with E-state index in [2.05, 4.69) is 0 Å². The number of phenols is 2. The van der Waals surface area contributed by atoms with Crippen LogP contribution in [0.5, 0.6) is 11.5 Å². The first-order chi connectivity index (χ1) is 13.1. The molecule has 1 amide bonds. The van der Waals surface area contributed by atoms with E-state index in [-0.39, 0.29) is 17.4 Å². The molecule has 0 atom stereocenters. The number of phenolic OH excluding ortho intramolecular Hbond substituents is 2. The molecule has 0 unspecified atom stereocenters. The predicted molar refractivity (Wildman–Crippen MR) is 108 cm³/mol. The molecule has 0 aliphatic heterocycles. The van der Waals surface area contributed by atoms with Crippen LogP contribution in [0.15, 0.2) is 60.0 Å². The normalized spacial score (nSPS) is 14.4. The molecule has 138 valence electrons. The first-order valence-electron chi connectivity index (χ1n) is 9.13. The molecule has 1 aliphatic carbocycles. The summed E-state index contributed by atoms with van der Waals surface area (Å²) in [7, 11) is 0. The zero-order valence-electron chi connectivity index (χ0n) is 14.8. The average molecular weight is 379 g/mol. The minimum absolute atomic E-state index is 0.111. The van der Waals surface area contributed by atoms with Crippen molar-refractivity contribution in [3.05, 3.63) is 70.4 Å². The van der Waals surface area contributed by atoms with Gasteiger partial charge in [-0.25, -0.2) is 0 Å². The highest BCUT2D eigenvalue weighted by atomic mass is 32.1. The summed E-state index contributed by atoms with van der Waals surface area (Å²) < 4.78 is 0. The van der Waals surface area contributed by atoms with Gasteiger partial charge in [0.2, 0.25) is 0 Å². The van der Waals surface area contributed by atoms with Gasteiger partial charge in [0.1, 0.15) is 11.5 Å². The summed E-state index contributed by atoms with van der Waals surface area (Å²) in [6.07, 6.45) is 4.45. The second-order valence-electron chi connectivity index (χ2n) is 6.86. The Bertz CT molecular complexity index is 929. The molecule has 0 saturated heterocycles. The maximum absolute atomic E-state index is 13.4. The molecule has 0 spiro atoms. The Morgan fingerprint density at radius 3 is 2.33 bits per heavy atom. The van der Waals surface area contributed by atoms with Gasteiger partial charge < -0.3 is 10.2 Å². The van der Waals surface area contributed by atoms with E-state index < -0.39 is 0 Å². The van der Waals surface area contributed by atoms with E-state index in [0.717, 1.165) is 36.9 Å². The zero-order valence-corrected chi connectivity index (χ0v) is 15.7. The van der Waals surface area contributed by atoms with E-state index >= 15 is 0 Å². The second kappa shape index (κ2) is 7.45. The fraction of sp³-hybridized carbons (Fsp3) is 0.227. The second-order valence-corrected chi connectivity index (χ2v) is 7.81. The van der Waals surface area contributed by atoms with Crippen molar-refractivity contribution in [2.45, 2.75) is 31.6 Å². The summed E-state index contributed by atoms with van der Waals surface area (Å²) in [6.45, 7) is 0. The van der Waals surface area contributed by atoms with Crippen molar-refractivity contribution in [3.63, 3.8) is 0 Å². The molecule has 1 heterocycles. The van der Waals surface area contributed by atoms with Gasteiger partial charge in [0.05, 0.1) is 10.6 Å². The number of rotatable bonds is 4. The van der Waals surface area contributed by atoms with E-state index in [1.54, 1.807) is 41.3 Å². The van der Waals surface area contributed by atoms with Crippen molar-refractivity contribution < 1.29 is 15.0 Å². The first kappa shape index (κ1) is 17.6. The van der Waals surface area contributed by atoms with Crippen molar-refractivity contribution >= 4 is 28.6 Å². The summed E-state index contributed by atoms with van der Waals surface area (Å²) in [5.41, 5.74) is 2.49. The molecule has 1 saturated carbocycles. The lowest BCUT2D eigenvalue weighted by Gasteiger charge is -2.27. The fourth-order valence-corrected chi connectivity index (χ4v) is 4.44. The van der Waals surface area contributed by atoms with Crippen LogP contribution in [0, 0.1) is 0 Å². The van der Waals surface area contributed by atoms with Crippen LogP contribution in [-0.4, -0.2) is 16.1 Å². The minimum atomic E-state index is -0.111. The molecule has 0 bridgehead atoms. The highest BCUT2D eigenvalue weighted by Crippen LogP contribution is 2.43. The first-order valence-corrected chi connectivity index (χ1v) is 10.0. The number of carbonyl (C=O) groups excluding carboxylic acids is 1. The van der Waals surface area contributed by atoms with Crippen molar-refractivity contribution in [1.82, 2.24) is 0 Å². The molecule has 2 N–H and O–H groups in total. The highest BCUT2D eigenvalue weighted by Gasteiger charge is 2.27. The SMILES string of the molecule is O=C(c1cccs1)N(c1ccc(O)cc1)c1ccc(O)cc1C1CCCC1. The number of hydrogen-bond acceptors (Lipinski definition) is 4. The zero-order chi connectivity index (χ0) is 18.8. The Hall–Kier alpha value is -2.79. The smallest absolute Gasteiger partial charge is 0.272 e. The maximum Gasteiger partial charge on any atom is 0.272 e. The topological polar surface area (TPSA) is 60.8 Å². The van der Waals surface area contributed by atoms with Crippen LogP contribution in [-0.2, 0) is 0 Å². The molecule has 4 nitrogen and oxygen atoms in total. The predicted octanol–water partition coefficient (Wildman–Crippen LogP) is 5.80. The number of carbonyl (C=O) groups is 1. The summed E-state index contributed by atoms with van der Waals surface area (Å²) in [5, 5.41) is 21.6. The van der Waals surface area contributed by atoms with Crippen LogP contribution >= 0.6 is 11.3 Å². The van der Waals surface area contributed by atoms with E-state index in [0.29, 0.717) is 16.5 Å². The quantitative estimate of drug-likeness (QED) is 0.603. The number of benzene rings is 2. The molecule has 3 aromatic rings. The molecule has 2 aromatic carbocycles. The van der Waals surface area contributed by atoms with Gasteiger partial charge in [-0.3, -0.25) is 9.69 Å². The molecule has 1 fully saturated rings. The van der Waals surface area contributed by atoms with Crippen molar-refractivity contribution in [2.75, 3.05) is 4.90 Å². The maximum atomic E-state index is 13.4. The molecule has 1 aliphatic rings. The van der Waals surface area contributed by atoms with Crippen LogP contribution in [0.4, 0.5) is 11.4 Å². The van der Waals surface area contributed by atoms with Gasteiger partial charge in [-0.05, 0) is 78.2 Å². The number of amides is 1. The van der Waals surface area contributed by atoms with Crippen LogP contribution in [0.1, 0.15) is 46.8 Å². The van der Waals surface area contributed by atoms with Crippen LogP contribution in [0.25, 0.3) is 0 Å². The van der Waals surface area contributed by atoms with E-state index in [1.165, 1.54) is 11.3 Å². The van der Waals surface area contributed by atoms with Crippen LogP contribution < -0.4 is 4.90 Å². The van der Waals surface area contributed by atoms with Gasteiger partial charge in [-0.1, -0.05) is 18.9 Å². The van der Waals surface area contributed by atoms with Crippen molar-refractivity contribution in [1.29, 1.82) is 0 Å². The molecular weight excluding hydrogens is 358 g/mol. The molecule has 4 rings (SSSR count). The van der Waals surface area contributed by atoms with E-state index in [4.69, 9.17) is 0 Å². The highest BCUT2D eigenvalue weighted by molar-refractivity contribution is 7.12. The van der Waals surface area contributed by atoms with Gasteiger partial charge in [0.25, 0.3) is 5.91 Å². The Kier molecular flexibility index (Phi) is 4.86. The van der Waals surface area contributed by atoms with Gasteiger partial charge in [-0.15, -0.1) is 11.3 Å². The third-order valence-corrected chi connectivity index (χ3v) is 5.95. The van der Waals surface area contributed by atoms with E-state index in [1.807, 2.05) is 23.6 Å². The van der Waals surface area contributed by atoms with Gasteiger partial charge in [0, 0.05) is 5.69 Å². The van der Waals surface area contributed by atoms with Gasteiger partial charge >= 0.3 is 0 Å². The van der Waals surface area contributed by atoms with E-state index in [9.17, 15) is 15.0 Å². The molecule has 5 heteroatoms. The molecule has 27 heavy (non-hydrogen) atoms. The number of nitrogens with zero attached hydrogens (tertiary/aromatic N) is 1. The number of thiophene rings is 1. The Balaban J connectivity index is 1.86. The fourth-order valence-electron chi connectivity index (χ4n) is 3.79. The monoisotopic (exact) mass is 379 g/mol. The number of hydrogen-bond donors (Lipinski definition) is 2. The summed E-state index contributed by atoms with van der Waals surface area (Å²) in [6, 6.07) is 15.6. The van der Waals surface area contributed by atoms with Crippen LogP contribution in [0.2, 0.25) is 0 Å². The lowest BCUT2D eigenvalue weighted by Crippen LogP contribution is -2.26. The van der Waals surface area contributed by atoms with Crippen LogP contribution in [0.3, 0.4) is 0 Å². The summed E-state index contributed by atoms with van der Waals surface area (Å²) in [4.78, 5) is 15.7. The average Bonchev–Trinajstić information content (AvgIpc) is 3.38. The number of aromatic hydroxyl groups is 2. The number of anilines is 2. The minimum Gasteiger partial charge on any atom is -0.508 e. The lowest BCUT2D eigenvalue weighted by molar-refractivity contribution is 0.100. The van der Waals surface area contributed by atoms with Gasteiger partial charge in [0.15, 0.2) is 0 Å². The molecule has 1 aromatic heterocycles. The van der Waals surface area contributed by atoms with Crippen molar-refractivity contribution in [3.8, 4) is 11.5 Å². The van der Waals surface area contributed by atoms with Crippen molar-refractivity contribution in [2.24, 2.45) is 0 Å². The summed E-state index contributed by atoms with van der Waals surface area (Å²) in [5.74, 6) is 0.599. The standard InChI is InChI=1S/C22H21NO3S/c24-17-9-7-16(8-10-17)23(22(26)21-6-3-13-27-21)20-12-11-18(25)14-19(20)15-4-1-2-5-15/h3,6-15,24-25H,1-2,4-5H2. The molecule has 0 radical (unpaired) electrons. The van der Waals surface area contributed by atoms with Gasteiger partial charge in [-0.2, -0.15) is 0 Å². The largest absolute Gasteiger partial charge is 0.508 e. The Morgan fingerprint density at radius 1 is 0.963 bits per heavy atom. The lowest BCUT2D eigenvalue weighted by atomic mass is 9.94. The molecular formula is C22H21NO3S.